The molecule has 0 aliphatic rings. The first-order chi connectivity index (χ1) is 13.9. The summed E-state index contributed by atoms with van der Waals surface area (Å²) in [4.78, 5) is 29.0. The lowest BCUT2D eigenvalue weighted by molar-refractivity contribution is -0.0258. The van der Waals surface area contributed by atoms with Gasteiger partial charge in [0.25, 0.3) is 10.0 Å². The molecule has 0 bridgehead atoms. The lowest BCUT2D eigenvalue weighted by Crippen LogP contribution is -2.26. The molecule has 7 nitrogen and oxygen atoms in total. The number of carbonyl (C=O) groups is 2. The molecule has 2 rings (SSSR count). The highest BCUT2D eigenvalue weighted by atomic mass is 35.5. The van der Waals surface area contributed by atoms with Crippen molar-refractivity contribution in [3.05, 3.63) is 62.7 Å². The number of ether oxygens (including phenoxy) is 1. The van der Waals surface area contributed by atoms with E-state index in [1.807, 2.05) is 26.8 Å². The minimum absolute atomic E-state index is 0.0247. The molecule has 0 spiro atoms. The van der Waals surface area contributed by atoms with Gasteiger partial charge in [-0.2, -0.15) is 0 Å². The van der Waals surface area contributed by atoms with E-state index in [-0.39, 0.29) is 27.9 Å². The Kier molecular flexibility index (Phi) is 7.41. The predicted octanol–water partition coefficient (Wildman–Crippen LogP) is 4.01. The minimum atomic E-state index is -4.04. The van der Waals surface area contributed by atoms with Crippen LogP contribution in [0.15, 0.2) is 29.2 Å². The van der Waals surface area contributed by atoms with E-state index in [1.54, 1.807) is 0 Å². The van der Waals surface area contributed by atoms with Gasteiger partial charge in [0.15, 0.2) is 5.78 Å². The van der Waals surface area contributed by atoms with Crippen LogP contribution >= 0.6 is 11.6 Å². The molecule has 9 heteroatoms. The molecular weight excluding hydrogens is 430 g/mol. The number of rotatable bonds is 7. The van der Waals surface area contributed by atoms with Crippen molar-refractivity contribution < 1.29 is 27.6 Å². The zero-order valence-corrected chi connectivity index (χ0v) is 19.3. The first-order valence-corrected chi connectivity index (χ1v) is 10.8. The van der Waals surface area contributed by atoms with Crippen LogP contribution in [0.5, 0.6) is 0 Å². The number of carbonyl (C=O) groups excluding carboxylic acids is 2. The molecule has 0 saturated carbocycles. The Morgan fingerprint density at radius 3 is 2.30 bits per heavy atom. The summed E-state index contributed by atoms with van der Waals surface area (Å²) in [6.07, 6.45) is 0. The number of halogens is 1. The molecule has 0 N–H and O–H groups in total. The van der Waals surface area contributed by atoms with E-state index in [0.717, 1.165) is 28.3 Å². The fraction of sp³-hybridized carbons (Fsp3) is 0.333. The standard InChI is InChI=1S/C21H24ClNO6S/c1-12-9-13(2)20(15(4)24)14(3)17(12)11-29-21(25)16-7-8-18(22)19(10-16)30(26,27)23(5)28-6/h7-10H,11H2,1-6H3. The molecule has 0 aliphatic carbocycles. The third-order valence-electron chi connectivity index (χ3n) is 4.87. The summed E-state index contributed by atoms with van der Waals surface area (Å²) >= 11 is 6.02. The van der Waals surface area contributed by atoms with Crippen molar-refractivity contribution in [2.24, 2.45) is 0 Å². The lowest BCUT2D eigenvalue weighted by atomic mass is 9.92. The molecule has 0 atom stereocenters. The average molecular weight is 454 g/mol. The molecule has 30 heavy (non-hydrogen) atoms. The van der Waals surface area contributed by atoms with Gasteiger partial charge in [0.2, 0.25) is 0 Å². The van der Waals surface area contributed by atoms with Crippen molar-refractivity contribution in [2.45, 2.75) is 39.2 Å². The van der Waals surface area contributed by atoms with E-state index in [0.29, 0.717) is 10.0 Å². The second-order valence-electron chi connectivity index (χ2n) is 6.86. The summed E-state index contributed by atoms with van der Waals surface area (Å²) in [7, 11) is -1.63. The van der Waals surface area contributed by atoms with E-state index in [2.05, 4.69) is 0 Å². The van der Waals surface area contributed by atoms with Gasteiger partial charge in [-0.1, -0.05) is 22.1 Å². The van der Waals surface area contributed by atoms with Gasteiger partial charge in [-0.15, -0.1) is 0 Å². The molecule has 0 fully saturated rings. The van der Waals surface area contributed by atoms with Gasteiger partial charge < -0.3 is 4.74 Å². The molecule has 0 aromatic heterocycles. The first kappa shape index (κ1) is 24.0. The van der Waals surface area contributed by atoms with Gasteiger partial charge in [-0.05, 0) is 68.1 Å². The smallest absolute Gasteiger partial charge is 0.338 e. The Balaban J connectivity index is 2.34. The van der Waals surface area contributed by atoms with Crippen LogP contribution in [0.1, 0.15) is 49.9 Å². The van der Waals surface area contributed by atoms with Crippen LogP contribution < -0.4 is 0 Å². The third-order valence-corrected chi connectivity index (χ3v) is 7.03. The van der Waals surface area contributed by atoms with Crippen molar-refractivity contribution in [3.8, 4) is 0 Å². The molecular formula is C21H24ClNO6S. The van der Waals surface area contributed by atoms with Crippen molar-refractivity contribution in [3.63, 3.8) is 0 Å². The highest BCUT2D eigenvalue weighted by Gasteiger charge is 2.25. The highest BCUT2D eigenvalue weighted by molar-refractivity contribution is 7.89. The second kappa shape index (κ2) is 9.26. The van der Waals surface area contributed by atoms with Crippen molar-refractivity contribution in [1.82, 2.24) is 4.47 Å². The Bertz CT molecular complexity index is 1110. The molecule has 0 unspecified atom stereocenters. The predicted molar refractivity (Wildman–Crippen MR) is 113 cm³/mol. The number of nitrogens with zero attached hydrogens (tertiary/aromatic N) is 1. The van der Waals surface area contributed by atoms with Crippen LogP contribution in [-0.4, -0.2) is 38.8 Å². The van der Waals surface area contributed by atoms with Crippen molar-refractivity contribution >= 4 is 33.4 Å². The van der Waals surface area contributed by atoms with Gasteiger partial charge >= 0.3 is 5.97 Å². The molecule has 0 heterocycles. The number of hydroxylamine groups is 1. The van der Waals surface area contributed by atoms with Crippen LogP contribution in [0, 0.1) is 20.8 Å². The Hall–Kier alpha value is -2.26. The molecule has 0 saturated heterocycles. The Morgan fingerprint density at radius 2 is 1.73 bits per heavy atom. The van der Waals surface area contributed by atoms with Gasteiger partial charge in [-0.3, -0.25) is 9.63 Å². The van der Waals surface area contributed by atoms with Crippen LogP contribution in [0.4, 0.5) is 0 Å². The topological polar surface area (TPSA) is 90.0 Å². The van der Waals surface area contributed by atoms with E-state index in [1.165, 1.54) is 33.2 Å². The van der Waals surface area contributed by atoms with E-state index >= 15 is 0 Å². The van der Waals surface area contributed by atoms with Crippen molar-refractivity contribution in [2.75, 3.05) is 14.2 Å². The normalized spacial score (nSPS) is 11.6. The number of ketones is 1. The fourth-order valence-electron chi connectivity index (χ4n) is 3.28. The number of hydrogen-bond acceptors (Lipinski definition) is 6. The number of hydrogen-bond donors (Lipinski definition) is 0. The van der Waals surface area contributed by atoms with Crippen LogP contribution in [-0.2, 0) is 26.2 Å². The summed E-state index contributed by atoms with van der Waals surface area (Å²) in [5.41, 5.74) is 3.88. The maximum absolute atomic E-state index is 12.6. The highest BCUT2D eigenvalue weighted by Crippen LogP contribution is 2.27. The SMILES string of the molecule is CON(C)S(=O)(=O)c1cc(C(=O)OCc2c(C)cc(C)c(C(C)=O)c2C)ccc1Cl. The van der Waals surface area contributed by atoms with Gasteiger partial charge in [0.05, 0.1) is 17.7 Å². The largest absolute Gasteiger partial charge is 0.457 e. The zero-order chi connectivity index (χ0) is 22.8. The molecule has 162 valence electrons. The maximum Gasteiger partial charge on any atom is 0.338 e. The number of esters is 1. The molecule has 0 radical (unpaired) electrons. The first-order valence-electron chi connectivity index (χ1n) is 9.02. The number of benzene rings is 2. The monoisotopic (exact) mass is 453 g/mol. The fourth-order valence-corrected chi connectivity index (χ4v) is 4.75. The summed E-state index contributed by atoms with van der Waals surface area (Å²) in [6.45, 7) is 6.99. The average Bonchev–Trinajstić information content (AvgIpc) is 2.66. The molecule has 0 amide bonds. The molecule has 2 aromatic carbocycles. The lowest BCUT2D eigenvalue weighted by Gasteiger charge is -2.17. The Morgan fingerprint density at radius 1 is 1.10 bits per heavy atom. The summed E-state index contributed by atoms with van der Waals surface area (Å²) in [5, 5.41) is -0.0493. The number of sulfonamides is 1. The van der Waals surface area contributed by atoms with E-state index in [9.17, 15) is 18.0 Å². The van der Waals surface area contributed by atoms with Gasteiger partial charge in [-0.25, -0.2) is 13.2 Å². The quantitative estimate of drug-likeness (QED) is 0.357. The number of Topliss-reactive ketones (excluding diaryl/α,β-unsaturated/α-hetero) is 1. The van der Waals surface area contributed by atoms with Crippen molar-refractivity contribution in [1.29, 1.82) is 0 Å². The van der Waals surface area contributed by atoms with Gasteiger partial charge in [0, 0.05) is 12.6 Å². The molecule has 0 aliphatic heterocycles. The minimum Gasteiger partial charge on any atom is -0.457 e. The second-order valence-corrected chi connectivity index (χ2v) is 9.18. The van der Waals surface area contributed by atoms with Crippen LogP contribution in [0.3, 0.4) is 0 Å². The third kappa shape index (κ3) is 4.73. The van der Waals surface area contributed by atoms with E-state index in [4.69, 9.17) is 21.2 Å². The Labute approximate surface area is 181 Å². The molecule has 2 aromatic rings. The number of aryl methyl sites for hydroxylation is 2. The summed E-state index contributed by atoms with van der Waals surface area (Å²) in [6, 6.07) is 5.71. The van der Waals surface area contributed by atoms with Gasteiger partial charge in [0.1, 0.15) is 11.5 Å². The van der Waals surface area contributed by atoms with Crippen LogP contribution in [0.2, 0.25) is 5.02 Å². The summed E-state index contributed by atoms with van der Waals surface area (Å²) in [5.74, 6) is -0.778. The zero-order valence-electron chi connectivity index (χ0n) is 17.7. The van der Waals surface area contributed by atoms with Crippen LogP contribution in [0.25, 0.3) is 0 Å². The summed E-state index contributed by atoms with van der Waals surface area (Å²) < 4.78 is 31.0. The maximum atomic E-state index is 12.6. The van der Waals surface area contributed by atoms with E-state index < -0.39 is 16.0 Å².